The van der Waals surface area contributed by atoms with E-state index in [1.54, 1.807) is 32.3 Å². The first kappa shape index (κ1) is 25.9. The van der Waals surface area contributed by atoms with Crippen LogP contribution in [0.3, 0.4) is 0 Å². The van der Waals surface area contributed by atoms with Crippen molar-refractivity contribution in [2.75, 3.05) is 33.8 Å². The summed E-state index contributed by atoms with van der Waals surface area (Å²) in [5, 5.41) is 5.84. The molecule has 0 radical (unpaired) electrons. The number of hydrogen-bond donors (Lipinski definition) is 2. The van der Waals surface area contributed by atoms with Crippen LogP contribution in [0.15, 0.2) is 53.5 Å². The van der Waals surface area contributed by atoms with E-state index in [1.807, 2.05) is 17.0 Å². The number of nitrogens with zero attached hydrogens (tertiary/aromatic N) is 2. The molecule has 1 aliphatic rings. The van der Waals surface area contributed by atoms with Crippen LogP contribution in [0.2, 0.25) is 0 Å². The molecule has 2 aromatic rings. The molecule has 0 saturated carbocycles. The van der Waals surface area contributed by atoms with E-state index >= 15 is 0 Å². The van der Waals surface area contributed by atoms with Crippen LogP contribution < -0.4 is 10.6 Å². The number of benzene rings is 2. The van der Waals surface area contributed by atoms with Crippen LogP contribution in [0.25, 0.3) is 0 Å². The zero-order valence-corrected chi connectivity index (χ0v) is 20.1. The number of aliphatic imine (C=N–C) groups is 1. The largest absolute Gasteiger partial charge is 0.416 e. The normalized spacial score (nSPS) is 16.8. The van der Waals surface area contributed by atoms with Crippen molar-refractivity contribution in [3.05, 3.63) is 70.8 Å². The summed E-state index contributed by atoms with van der Waals surface area (Å²) in [6.45, 7) is 1.83. The molecule has 10 heteroatoms. The van der Waals surface area contributed by atoms with Crippen LogP contribution >= 0.6 is 24.0 Å². The summed E-state index contributed by atoms with van der Waals surface area (Å²) in [4.78, 5) is 17.9. The minimum atomic E-state index is -4.39. The van der Waals surface area contributed by atoms with Gasteiger partial charge in [0.1, 0.15) is 6.10 Å². The number of hydrogen-bond acceptors (Lipinski definition) is 3. The van der Waals surface area contributed by atoms with Crippen molar-refractivity contribution in [3.8, 4) is 0 Å². The van der Waals surface area contributed by atoms with Crippen LogP contribution in [-0.4, -0.2) is 50.6 Å². The molecule has 0 aliphatic carbocycles. The minimum Gasteiger partial charge on any atom is -0.370 e. The molecule has 1 amide bonds. The smallest absolute Gasteiger partial charge is 0.370 e. The lowest BCUT2D eigenvalue weighted by atomic mass is 10.0. The topological polar surface area (TPSA) is 66.0 Å². The Balaban J connectivity index is 0.00000363. The van der Waals surface area contributed by atoms with Crippen molar-refractivity contribution < 1.29 is 22.7 Å². The van der Waals surface area contributed by atoms with Crippen LogP contribution in [0, 0.1) is 0 Å². The number of halogens is 4. The highest BCUT2D eigenvalue weighted by atomic mass is 127. The second-order valence-electron chi connectivity index (χ2n) is 7.11. The van der Waals surface area contributed by atoms with Gasteiger partial charge in [-0.3, -0.25) is 9.79 Å². The van der Waals surface area contributed by atoms with E-state index in [2.05, 4.69) is 15.6 Å². The van der Waals surface area contributed by atoms with Crippen molar-refractivity contribution in [3.63, 3.8) is 0 Å². The van der Waals surface area contributed by atoms with Crippen LogP contribution in [-0.2, 0) is 17.5 Å². The van der Waals surface area contributed by atoms with E-state index in [9.17, 15) is 18.0 Å². The van der Waals surface area contributed by atoms with Crippen LogP contribution in [0.5, 0.6) is 0 Å². The molecule has 1 aliphatic heterocycles. The van der Waals surface area contributed by atoms with Crippen molar-refractivity contribution >= 4 is 35.8 Å². The summed E-state index contributed by atoms with van der Waals surface area (Å²) < 4.78 is 44.9. The van der Waals surface area contributed by atoms with Gasteiger partial charge in [0.2, 0.25) is 0 Å². The molecule has 174 valence electrons. The predicted molar refractivity (Wildman–Crippen MR) is 127 cm³/mol. The highest BCUT2D eigenvalue weighted by Crippen LogP contribution is 2.32. The van der Waals surface area contributed by atoms with E-state index in [1.165, 1.54) is 6.07 Å². The first-order chi connectivity index (χ1) is 14.8. The molecular weight excluding hydrogens is 536 g/mol. The molecule has 3 rings (SSSR count). The number of morpholine rings is 1. The second-order valence-corrected chi connectivity index (χ2v) is 7.11. The van der Waals surface area contributed by atoms with Crippen molar-refractivity contribution in [2.24, 2.45) is 4.99 Å². The molecule has 1 atom stereocenters. The van der Waals surface area contributed by atoms with Gasteiger partial charge in [-0.15, -0.1) is 24.0 Å². The quantitative estimate of drug-likeness (QED) is 0.338. The summed E-state index contributed by atoms with van der Waals surface area (Å²) in [5.41, 5.74) is 1.34. The Morgan fingerprint density at radius 1 is 1.22 bits per heavy atom. The van der Waals surface area contributed by atoms with E-state index in [-0.39, 0.29) is 29.9 Å². The zero-order valence-electron chi connectivity index (χ0n) is 17.8. The highest BCUT2D eigenvalue weighted by Gasteiger charge is 2.32. The molecule has 0 aromatic heterocycles. The van der Waals surface area contributed by atoms with Crippen molar-refractivity contribution in [1.29, 1.82) is 0 Å². The zero-order chi connectivity index (χ0) is 22.4. The van der Waals surface area contributed by atoms with Gasteiger partial charge in [-0.1, -0.05) is 24.3 Å². The lowest BCUT2D eigenvalue weighted by Gasteiger charge is -2.35. The summed E-state index contributed by atoms with van der Waals surface area (Å²) in [6.07, 6.45) is -4.88. The summed E-state index contributed by atoms with van der Waals surface area (Å²) in [5.74, 6) is 0.486. The van der Waals surface area contributed by atoms with Gasteiger partial charge in [0.15, 0.2) is 5.96 Å². The number of amides is 1. The summed E-state index contributed by atoms with van der Waals surface area (Å²) >= 11 is 0. The monoisotopic (exact) mass is 562 g/mol. The number of ether oxygens (including phenoxy) is 1. The van der Waals surface area contributed by atoms with E-state index in [4.69, 9.17) is 4.74 Å². The van der Waals surface area contributed by atoms with Crippen molar-refractivity contribution in [2.45, 2.75) is 18.8 Å². The Morgan fingerprint density at radius 3 is 2.56 bits per heavy atom. The average Bonchev–Trinajstić information content (AvgIpc) is 2.79. The molecule has 1 heterocycles. The Morgan fingerprint density at radius 2 is 1.94 bits per heavy atom. The lowest BCUT2D eigenvalue weighted by molar-refractivity contribution is -0.137. The van der Waals surface area contributed by atoms with Gasteiger partial charge in [-0.05, 0) is 35.4 Å². The maximum absolute atomic E-state index is 13.0. The number of nitrogens with one attached hydrogen (secondary N) is 2. The fourth-order valence-electron chi connectivity index (χ4n) is 3.39. The van der Waals surface area contributed by atoms with Gasteiger partial charge in [0, 0.05) is 32.7 Å². The molecule has 1 fully saturated rings. The first-order valence-corrected chi connectivity index (χ1v) is 9.87. The maximum Gasteiger partial charge on any atom is 0.416 e. The Hall–Kier alpha value is -2.34. The summed E-state index contributed by atoms with van der Waals surface area (Å²) in [7, 11) is 3.24. The SMILES string of the molecule is CN=C(NCc1ccc(C(=O)NC)cc1)N1CCOC(c2cccc(C(F)(F)F)c2)C1.I. The first-order valence-electron chi connectivity index (χ1n) is 9.87. The van der Waals surface area contributed by atoms with E-state index in [0.717, 1.165) is 17.7 Å². The molecule has 0 spiro atoms. The molecule has 2 aromatic carbocycles. The fraction of sp³-hybridized carbons (Fsp3) is 0.364. The molecule has 32 heavy (non-hydrogen) atoms. The number of carbonyl (C=O) groups is 1. The standard InChI is InChI=1S/C22H25F3N4O2.HI/c1-26-20(30)16-8-6-15(7-9-16)13-28-21(27-2)29-10-11-31-19(14-29)17-4-3-5-18(12-17)22(23,24)25;/h3-9,12,19H,10-11,13-14H2,1-2H3,(H,26,30)(H,27,28);1H. The van der Waals surface area contributed by atoms with E-state index < -0.39 is 17.8 Å². The molecule has 2 N–H and O–H groups in total. The van der Waals surface area contributed by atoms with Crippen LogP contribution in [0.1, 0.15) is 33.2 Å². The van der Waals surface area contributed by atoms with Gasteiger partial charge in [-0.25, -0.2) is 0 Å². The Labute approximate surface area is 202 Å². The number of alkyl halides is 3. The molecular formula is C22H26F3IN4O2. The number of guanidine groups is 1. The highest BCUT2D eigenvalue weighted by molar-refractivity contribution is 14.0. The van der Waals surface area contributed by atoms with Gasteiger partial charge in [0.25, 0.3) is 5.91 Å². The van der Waals surface area contributed by atoms with Gasteiger partial charge in [0.05, 0.1) is 18.7 Å². The fourth-order valence-corrected chi connectivity index (χ4v) is 3.39. The molecule has 1 unspecified atom stereocenters. The second kappa shape index (κ2) is 11.5. The van der Waals surface area contributed by atoms with E-state index in [0.29, 0.717) is 43.3 Å². The van der Waals surface area contributed by atoms with Gasteiger partial charge < -0.3 is 20.3 Å². The summed E-state index contributed by atoms with van der Waals surface area (Å²) in [6, 6.07) is 12.4. The average molecular weight is 562 g/mol. The van der Waals surface area contributed by atoms with Crippen LogP contribution in [0.4, 0.5) is 13.2 Å². The van der Waals surface area contributed by atoms with Gasteiger partial charge in [-0.2, -0.15) is 13.2 Å². The Bertz CT molecular complexity index is 936. The van der Waals surface area contributed by atoms with Gasteiger partial charge >= 0.3 is 6.18 Å². The molecule has 1 saturated heterocycles. The lowest BCUT2D eigenvalue weighted by Crippen LogP contribution is -2.48. The third kappa shape index (κ3) is 6.58. The predicted octanol–water partition coefficient (Wildman–Crippen LogP) is 3.83. The number of rotatable bonds is 4. The molecule has 6 nitrogen and oxygen atoms in total. The minimum absolute atomic E-state index is 0. The Kier molecular flexibility index (Phi) is 9.32. The van der Waals surface area contributed by atoms with Crippen molar-refractivity contribution in [1.82, 2.24) is 15.5 Å². The number of carbonyl (C=O) groups excluding carboxylic acids is 1. The third-order valence-corrected chi connectivity index (χ3v) is 5.06. The maximum atomic E-state index is 13.0. The third-order valence-electron chi connectivity index (χ3n) is 5.06. The molecule has 0 bridgehead atoms.